The minimum Gasteiger partial charge on any atom is -0.0840 e. The van der Waals surface area contributed by atoms with Crippen LogP contribution in [0, 0.1) is 5.92 Å². The van der Waals surface area contributed by atoms with Crippen LogP contribution in [0.4, 0.5) is 0 Å². The number of benzene rings is 1. The van der Waals surface area contributed by atoms with Gasteiger partial charge >= 0.3 is 0 Å². The van der Waals surface area contributed by atoms with Gasteiger partial charge < -0.3 is 0 Å². The Kier molecular flexibility index (Phi) is 2.93. The predicted octanol–water partition coefficient (Wildman–Crippen LogP) is 3.57. The van der Waals surface area contributed by atoms with E-state index in [2.05, 4.69) is 44.2 Å². The average Bonchev–Trinajstić information content (AvgIpc) is 2.48. The predicted molar refractivity (Wildman–Crippen MR) is 65.8 cm³/mol. The maximum Gasteiger partial charge on any atom is -0.00843 e. The monoisotopic (exact) mass is 206 g/mol. The van der Waals surface area contributed by atoms with Gasteiger partial charge in [0.2, 0.25) is 0 Å². The Bertz CT molecular complexity index is 293. The molecule has 0 spiro atoms. The molecule has 1 fully saturated rings. The van der Waals surface area contributed by atoms with Crippen LogP contribution in [-0.4, -0.2) is 5.16 Å². The molecular weight excluding hydrogens is 187 g/mol. The van der Waals surface area contributed by atoms with Gasteiger partial charge in [-0.1, -0.05) is 59.2 Å². The second-order valence-electron chi connectivity index (χ2n) is 4.70. The fraction of sp³-hybridized carbons (Fsp3) is 0.538. The summed E-state index contributed by atoms with van der Waals surface area (Å²) in [6.07, 6.45) is 4.27. The number of rotatable bonds is 2. The minimum atomic E-state index is 0.585. The summed E-state index contributed by atoms with van der Waals surface area (Å²) in [5, 5.41) is 2.12. The highest BCUT2D eigenvalue weighted by atomic mass is 31.1. The van der Waals surface area contributed by atoms with E-state index in [0.29, 0.717) is 5.16 Å². The van der Waals surface area contributed by atoms with E-state index in [0.717, 1.165) is 14.5 Å². The zero-order valence-corrected chi connectivity index (χ0v) is 10.1. The molecule has 0 aromatic heterocycles. The summed E-state index contributed by atoms with van der Waals surface area (Å²) < 4.78 is 0. The van der Waals surface area contributed by atoms with Crippen LogP contribution in [0.3, 0.4) is 0 Å². The standard InChI is InChI=1S/C13H19P/c1-11-7-6-10-13(11,2)14-12-8-4-3-5-9-12/h3-5,8-9,11,14H,6-7,10H2,1-2H3. The summed E-state index contributed by atoms with van der Waals surface area (Å²) >= 11 is 0. The Balaban J connectivity index is 2.10. The first kappa shape index (κ1) is 10.2. The first-order chi connectivity index (χ1) is 6.71. The van der Waals surface area contributed by atoms with E-state index < -0.39 is 0 Å². The van der Waals surface area contributed by atoms with Gasteiger partial charge in [0.15, 0.2) is 0 Å². The van der Waals surface area contributed by atoms with Crippen molar-refractivity contribution in [2.45, 2.75) is 38.3 Å². The maximum absolute atomic E-state index is 2.47. The van der Waals surface area contributed by atoms with E-state index in [1.54, 1.807) is 0 Å². The molecule has 0 saturated heterocycles. The van der Waals surface area contributed by atoms with Gasteiger partial charge in [-0.15, -0.1) is 0 Å². The highest BCUT2D eigenvalue weighted by molar-refractivity contribution is 7.49. The van der Waals surface area contributed by atoms with Crippen molar-refractivity contribution in [3.05, 3.63) is 30.3 Å². The fourth-order valence-corrected chi connectivity index (χ4v) is 4.09. The van der Waals surface area contributed by atoms with Crippen LogP contribution in [0.25, 0.3) is 0 Å². The Morgan fingerprint density at radius 2 is 2.00 bits per heavy atom. The van der Waals surface area contributed by atoms with Crippen LogP contribution in [0.1, 0.15) is 33.1 Å². The van der Waals surface area contributed by atoms with Gasteiger partial charge in [0.25, 0.3) is 0 Å². The van der Waals surface area contributed by atoms with Crippen molar-refractivity contribution in [1.82, 2.24) is 0 Å². The summed E-state index contributed by atoms with van der Waals surface area (Å²) in [6.45, 7) is 4.89. The van der Waals surface area contributed by atoms with E-state index in [4.69, 9.17) is 0 Å². The molecule has 2 rings (SSSR count). The van der Waals surface area contributed by atoms with Crippen molar-refractivity contribution >= 4 is 13.9 Å². The van der Waals surface area contributed by atoms with Crippen molar-refractivity contribution in [3.8, 4) is 0 Å². The van der Waals surface area contributed by atoms with Crippen molar-refractivity contribution in [3.63, 3.8) is 0 Å². The van der Waals surface area contributed by atoms with Crippen molar-refractivity contribution in [2.75, 3.05) is 0 Å². The minimum absolute atomic E-state index is 0.585. The smallest absolute Gasteiger partial charge is 0.00843 e. The average molecular weight is 206 g/mol. The molecule has 0 bridgehead atoms. The van der Waals surface area contributed by atoms with Crippen LogP contribution < -0.4 is 5.30 Å². The first-order valence-corrected chi connectivity index (χ1v) is 6.54. The maximum atomic E-state index is 2.47. The topological polar surface area (TPSA) is 0 Å². The molecule has 1 saturated carbocycles. The number of hydrogen-bond acceptors (Lipinski definition) is 0. The lowest BCUT2D eigenvalue weighted by Crippen LogP contribution is -2.24. The molecule has 76 valence electrons. The molecule has 0 amide bonds. The second kappa shape index (κ2) is 4.03. The first-order valence-electron chi connectivity index (χ1n) is 5.54. The van der Waals surface area contributed by atoms with Gasteiger partial charge in [0, 0.05) is 0 Å². The van der Waals surface area contributed by atoms with Gasteiger partial charge in [-0.05, 0) is 29.2 Å². The third-order valence-corrected chi connectivity index (χ3v) is 5.56. The lowest BCUT2D eigenvalue weighted by atomic mass is 10.00. The highest BCUT2D eigenvalue weighted by Gasteiger charge is 2.35. The molecule has 1 heteroatoms. The third kappa shape index (κ3) is 2.01. The summed E-state index contributed by atoms with van der Waals surface area (Å²) in [4.78, 5) is 0. The molecule has 3 unspecified atom stereocenters. The molecular formula is C13H19P. The normalized spacial score (nSPS) is 32.9. The van der Waals surface area contributed by atoms with Gasteiger partial charge in [0.05, 0.1) is 0 Å². The number of hydrogen-bond donors (Lipinski definition) is 0. The lowest BCUT2D eigenvalue weighted by Gasteiger charge is -2.29. The van der Waals surface area contributed by atoms with E-state index in [9.17, 15) is 0 Å². The van der Waals surface area contributed by atoms with Crippen LogP contribution in [-0.2, 0) is 0 Å². The molecule has 3 atom stereocenters. The zero-order valence-electron chi connectivity index (χ0n) is 9.09. The molecule has 0 aliphatic heterocycles. The van der Waals surface area contributed by atoms with E-state index in [1.807, 2.05) is 0 Å². The third-order valence-electron chi connectivity index (χ3n) is 3.62. The second-order valence-corrected chi connectivity index (χ2v) is 6.67. The summed E-state index contributed by atoms with van der Waals surface area (Å²) in [5.41, 5.74) is 0. The van der Waals surface area contributed by atoms with Gasteiger partial charge in [-0.25, -0.2) is 0 Å². The molecule has 0 heterocycles. The molecule has 14 heavy (non-hydrogen) atoms. The fourth-order valence-electron chi connectivity index (χ4n) is 2.38. The summed E-state index contributed by atoms with van der Waals surface area (Å²) in [5.74, 6) is 0.904. The molecule has 0 radical (unpaired) electrons. The van der Waals surface area contributed by atoms with E-state index >= 15 is 0 Å². The van der Waals surface area contributed by atoms with Gasteiger partial charge in [-0.3, -0.25) is 0 Å². The molecule has 1 aromatic rings. The van der Waals surface area contributed by atoms with Crippen molar-refractivity contribution < 1.29 is 0 Å². The van der Waals surface area contributed by atoms with E-state index in [1.165, 1.54) is 24.6 Å². The van der Waals surface area contributed by atoms with Gasteiger partial charge in [-0.2, -0.15) is 0 Å². The van der Waals surface area contributed by atoms with Crippen LogP contribution in [0.15, 0.2) is 30.3 Å². The SMILES string of the molecule is CC1CCCC1(C)Pc1ccccc1. The lowest BCUT2D eigenvalue weighted by molar-refractivity contribution is 0.500. The summed E-state index contributed by atoms with van der Waals surface area (Å²) in [6, 6.07) is 11.0. The highest BCUT2D eigenvalue weighted by Crippen LogP contribution is 2.48. The Morgan fingerprint density at radius 1 is 1.29 bits per heavy atom. The van der Waals surface area contributed by atoms with Crippen molar-refractivity contribution in [1.29, 1.82) is 0 Å². The Hall–Kier alpha value is -0.350. The zero-order chi connectivity index (χ0) is 10.0. The molecule has 0 N–H and O–H groups in total. The quantitative estimate of drug-likeness (QED) is 0.649. The van der Waals surface area contributed by atoms with Crippen LogP contribution >= 0.6 is 8.58 Å². The van der Waals surface area contributed by atoms with E-state index in [-0.39, 0.29) is 0 Å². The van der Waals surface area contributed by atoms with Crippen LogP contribution in [0.5, 0.6) is 0 Å². The molecule has 1 aliphatic carbocycles. The summed E-state index contributed by atoms with van der Waals surface area (Å²) in [7, 11) is 0.991. The molecule has 0 nitrogen and oxygen atoms in total. The largest absolute Gasteiger partial charge is 0.0840 e. The molecule has 1 aliphatic rings. The van der Waals surface area contributed by atoms with Crippen LogP contribution in [0.2, 0.25) is 0 Å². The van der Waals surface area contributed by atoms with Gasteiger partial charge in [0.1, 0.15) is 0 Å². The Morgan fingerprint density at radius 3 is 2.57 bits per heavy atom. The van der Waals surface area contributed by atoms with Crippen molar-refractivity contribution in [2.24, 2.45) is 5.92 Å². The molecule has 1 aromatic carbocycles. The Labute approximate surface area is 88.9 Å².